The third kappa shape index (κ3) is 4.36. The Morgan fingerprint density at radius 1 is 1.08 bits per heavy atom. The lowest BCUT2D eigenvalue weighted by Gasteiger charge is -2.44. The molecule has 1 spiro atoms. The minimum absolute atomic E-state index is 0. The molecule has 0 atom stereocenters. The number of nitrogens with zero attached hydrogens (tertiary/aromatic N) is 1. The van der Waals surface area contributed by atoms with Gasteiger partial charge in [-0.15, -0.1) is 12.4 Å². The van der Waals surface area contributed by atoms with Crippen LogP contribution in [-0.4, -0.2) is 43.6 Å². The number of hydrogen-bond donors (Lipinski definition) is 1. The molecule has 24 heavy (non-hydrogen) atoms. The molecule has 1 aromatic carbocycles. The summed E-state index contributed by atoms with van der Waals surface area (Å²) in [6.07, 6.45) is 4.48. The van der Waals surface area contributed by atoms with E-state index in [1.165, 1.54) is 25.0 Å². The van der Waals surface area contributed by atoms with Gasteiger partial charge in [0.1, 0.15) is 5.75 Å². The monoisotopic (exact) mass is 360 g/mol. The Kier molecular flexibility index (Phi) is 6.40. The summed E-state index contributed by atoms with van der Waals surface area (Å²) in [6, 6.07) is 5.93. The van der Waals surface area contributed by atoms with Gasteiger partial charge in [0.15, 0.2) is 0 Å². The minimum Gasteiger partial charge on any atom is -0.435 e. The lowest BCUT2D eigenvalue weighted by atomic mass is 9.71. The number of hydrogen-bond acceptors (Lipinski definition) is 3. The smallest absolute Gasteiger partial charge is 0.387 e. The second kappa shape index (κ2) is 8.12. The van der Waals surface area contributed by atoms with Crippen molar-refractivity contribution in [3.05, 3.63) is 29.8 Å². The maximum absolute atomic E-state index is 12.5. The summed E-state index contributed by atoms with van der Waals surface area (Å²) in [7, 11) is 0. The van der Waals surface area contributed by atoms with Gasteiger partial charge in [0.05, 0.1) is 0 Å². The molecule has 2 saturated heterocycles. The molecule has 1 amide bonds. The molecule has 0 aliphatic carbocycles. The van der Waals surface area contributed by atoms with Crippen molar-refractivity contribution in [3.63, 3.8) is 0 Å². The Morgan fingerprint density at radius 3 is 2.21 bits per heavy atom. The number of carbonyl (C=O) groups is 1. The van der Waals surface area contributed by atoms with Crippen LogP contribution in [0.25, 0.3) is 0 Å². The first-order valence-corrected chi connectivity index (χ1v) is 8.13. The number of nitrogens with one attached hydrogen (secondary N) is 1. The predicted molar refractivity (Wildman–Crippen MR) is 90.0 cm³/mol. The maximum Gasteiger partial charge on any atom is 0.387 e. The van der Waals surface area contributed by atoms with Gasteiger partial charge in [-0.1, -0.05) is 0 Å². The van der Waals surface area contributed by atoms with Gasteiger partial charge in [0.25, 0.3) is 5.91 Å². The number of alkyl halides is 2. The van der Waals surface area contributed by atoms with E-state index in [9.17, 15) is 13.6 Å². The molecule has 3 rings (SSSR count). The van der Waals surface area contributed by atoms with Gasteiger partial charge >= 0.3 is 6.61 Å². The molecule has 7 heteroatoms. The summed E-state index contributed by atoms with van der Waals surface area (Å²) in [5.41, 5.74) is 0.921. The number of amides is 1. The van der Waals surface area contributed by atoms with Crippen molar-refractivity contribution in [1.82, 2.24) is 10.2 Å². The maximum atomic E-state index is 12.5. The topological polar surface area (TPSA) is 41.6 Å². The van der Waals surface area contributed by atoms with Crippen molar-refractivity contribution >= 4 is 18.3 Å². The van der Waals surface area contributed by atoms with E-state index in [0.717, 1.165) is 39.0 Å². The summed E-state index contributed by atoms with van der Waals surface area (Å²) in [4.78, 5) is 14.4. The molecule has 2 aliphatic heterocycles. The fraction of sp³-hybridized carbons (Fsp3) is 0.588. The van der Waals surface area contributed by atoms with Crippen LogP contribution in [0.4, 0.5) is 8.78 Å². The quantitative estimate of drug-likeness (QED) is 0.899. The van der Waals surface area contributed by atoms with Crippen LogP contribution in [0, 0.1) is 5.41 Å². The van der Waals surface area contributed by atoms with Crippen molar-refractivity contribution in [1.29, 1.82) is 0 Å². The minimum atomic E-state index is -2.85. The van der Waals surface area contributed by atoms with E-state index in [-0.39, 0.29) is 24.1 Å². The first-order chi connectivity index (χ1) is 11.1. The number of benzene rings is 1. The van der Waals surface area contributed by atoms with Gasteiger partial charge in [-0.05, 0) is 68.5 Å². The van der Waals surface area contributed by atoms with Crippen molar-refractivity contribution in [2.75, 3.05) is 26.2 Å². The van der Waals surface area contributed by atoms with Crippen LogP contribution in [0.1, 0.15) is 36.0 Å². The molecule has 2 aliphatic rings. The first kappa shape index (κ1) is 18.9. The molecule has 1 N–H and O–H groups in total. The predicted octanol–water partition coefficient (Wildman–Crippen LogP) is 3.32. The normalized spacial score (nSPS) is 19.9. The highest BCUT2D eigenvalue weighted by molar-refractivity contribution is 5.94. The number of halogens is 3. The highest BCUT2D eigenvalue weighted by Gasteiger charge is 2.36. The molecular formula is C17H23ClF2N2O2. The van der Waals surface area contributed by atoms with Crippen LogP contribution < -0.4 is 10.1 Å². The van der Waals surface area contributed by atoms with Gasteiger partial charge < -0.3 is 15.0 Å². The molecule has 1 aromatic rings. The average Bonchev–Trinajstić information content (AvgIpc) is 2.56. The summed E-state index contributed by atoms with van der Waals surface area (Å²) >= 11 is 0. The van der Waals surface area contributed by atoms with E-state index < -0.39 is 6.61 Å². The molecule has 0 bridgehead atoms. The van der Waals surface area contributed by atoms with E-state index in [4.69, 9.17) is 0 Å². The fourth-order valence-electron chi connectivity index (χ4n) is 3.60. The zero-order valence-corrected chi connectivity index (χ0v) is 14.3. The van der Waals surface area contributed by atoms with E-state index in [0.29, 0.717) is 11.0 Å². The van der Waals surface area contributed by atoms with E-state index in [2.05, 4.69) is 10.1 Å². The summed E-state index contributed by atoms with van der Waals surface area (Å²) in [5.74, 6) is 0.0428. The second-order valence-corrected chi connectivity index (χ2v) is 6.45. The van der Waals surface area contributed by atoms with Crippen LogP contribution in [0.15, 0.2) is 24.3 Å². The summed E-state index contributed by atoms with van der Waals surface area (Å²) < 4.78 is 28.6. The van der Waals surface area contributed by atoms with Gasteiger partial charge in [-0.2, -0.15) is 8.78 Å². The molecular weight excluding hydrogens is 338 g/mol. The van der Waals surface area contributed by atoms with Crippen LogP contribution in [0.3, 0.4) is 0 Å². The number of ether oxygens (including phenoxy) is 1. The molecule has 2 heterocycles. The Bertz CT molecular complexity index is 538. The third-order valence-electron chi connectivity index (χ3n) is 5.10. The van der Waals surface area contributed by atoms with Crippen molar-refractivity contribution < 1.29 is 18.3 Å². The third-order valence-corrected chi connectivity index (χ3v) is 5.10. The molecule has 2 fully saturated rings. The summed E-state index contributed by atoms with van der Waals surface area (Å²) in [5, 5.41) is 3.39. The summed E-state index contributed by atoms with van der Waals surface area (Å²) in [6.45, 7) is 0.834. The average molecular weight is 361 g/mol. The van der Waals surface area contributed by atoms with E-state index >= 15 is 0 Å². The largest absolute Gasteiger partial charge is 0.435 e. The highest BCUT2D eigenvalue weighted by atomic mass is 35.5. The fourth-order valence-corrected chi connectivity index (χ4v) is 3.60. The Morgan fingerprint density at radius 2 is 1.67 bits per heavy atom. The second-order valence-electron chi connectivity index (χ2n) is 6.45. The van der Waals surface area contributed by atoms with Crippen molar-refractivity contribution in [2.24, 2.45) is 5.41 Å². The van der Waals surface area contributed by atoms with Crippen LogP contribution >= 0.6 is 12.4 Å². The van der Waals surface area contributed by atoms with Gasteiger partial charge in [-0.3, -0.25) is 4.79 Å². The Hall–Kier alpha value is -1.40. The standard InChI is InChI=1S/C17H22F2N2O2.ClH/c18-16(19)23-14-3-1-13(2-4-14)15(22)21-11-7-17(8-12-21)5-9-20-10-6-17;/h1-4,16,20H,5-12H2;1H. The SMILES string of the molecule is Cl.O=C(c1ccc(OC(F)F)cc1)N1CCC2(CCNCC2)CC1. The zero-order chi connectivity index (χ0) is 16.3. The zero-order valence-electron chi connectivity index (χ0n) is 13.5. The number of likely N-dealkylation sites (tertiary alicyclic amines) is 1. The molecule has 4 nitrogen and oxygen atoms in total. The van der Waals surface area contributed by atoms with Gasteiger partial charge in [-0.25, -0.2) is 0 Å². The molecule has 0 aromatic heterocycles. The van der Waals surface area contributed by atoms with Crippen LogP contribution in [0.5, 0.6) is 5.75 Å². The van der Waals surface area contributed by atoms with Gasteiger partial charge in [0, 0.05) is 18.7 Å². The van der Waals surface area contributed by atoms with Gasteiger partial charge in [0.2, 0.25) is 0 Å². The number of carbonyl (C=O) groups excluding carboxylic acids is 1. The number of rotatable bonds is 3. The van der Waals surface area contributed by atoms with Crippen molar-refractivity contribution in [2.45, 2.75) is 32.3 Å². The van der Waals surface area contributed by atoms with Crippen molar-refractivity contribution in [3.8, 4) is 5.75 Å². The lowest BCUT2D eigenvalue weighted by molar-refractivity contribution is -0.0498. The molecule has 0 radical (unpaired) electrons. The molecule has 0 unspecified atom stereocenters. The molecule has 0 saturated carbocycles. The van der Waals surface area contributed by atoms with E-state index in [1.54, 1.807) is 12.1 Å². The Balaban J connectivity index is 0.00000208. The first-order valence-electron chi connectivity index (χ1n) is 8.13. The van der Waals surface area contributed by atoms with Crippen LogP contribution in [0.2, 0.25) is 0 Å². The molecule has 134 valence electrons. The van der Waals surface area contributed by atoms with Crippen LogP contribution in [-0.2, 0) is 0 Å². The highest BCUT2D eigenvalue weighted by Crippen LogP contribution is 2.39. The van der Waals surface area contributed by atoms with E-state index in [1.807, 2.05) is 4.90 Å². The number of piperidine rings is 2. The Labute approximate surface area is 147 Å². The lowest BCUT2D eigenvalue weighted by Crippen LogP contribution is -2.47.